The predicted octanol–water partition coefficient (Wildman–Crippen LogP) is 2.92. The molecule has 3 heterocycles. The summed E-state index contributed by atoms with van der Waals surface area (Å²) in [6.45, 7) is 5.60. The van der Waals surface area contributed by atoms with E-state index in [2.05, 4.69) is 9.69 Å². The molecular weight excluding hydrogens is 478 g/mol. The number of hydrogen-bond donors (Lipinski definition) is 3. The largest absolute Gasteiger partial charge is 0.454 e. The molecule has 3 aromatic rings. The molecule has 4 rings (SSSR count). The molecule has 34 heavy (non-hydrogen) atoms. The van der Waals surface area contributed by atoms with E-state index in [-0.39, 0.29) is 29.0 Å². The van der Waals surface area contributed by atoms with Crippen LogP contribution in [0.4, 0.5) is 11.4 Å². The third-order valence-electron chi connectivity index (χ3n) is 4.83. The Morgan fingerprint density at radius 2 is 1.91 bits per heavy atom. The number of nitrogens with zero attached hydrogens (tertiary/aromatic N) is 2. The van der Waals surface area contributed by atoms with Crippen molar-refractivity contribution in [3.63, 3.8) is 0 Å². The highest BCUT2D eigenvalue weighted by molar-refractivity contribution is 7.10. The summed E-state index contributed by atoms with van der Waals surface area (Å²) in [6, 6.07) is 7.48. The monoisotopic (exact) mass is 501 g/mol. The van der Waals surface area contributed by atoms with Crippen LogP contribution in [0.5, 0.6) is 11.5 Å². The maximum Gasteiger partial charge on any atom is 0.273 e. The van der Waals surface area contributed by atoms with Gasteiger partial charge >= 0.3 is 0 Å². The quantitative estimate of drug-likeness (QED) is 0.470. The topological polar surface area (TPSA) is 150 Å². The number of nitrogens with one attached hydrogen (secondary N) is 1. The van der Waals surface area contributed by atoms with E-state index in [9.17, 15) is 14.4 Å². The second-order valence-corrected chi connectivity index (χ2v) is 10.3. The second-order valence-electron chi connectivity index (χ2n) is 8.51. The molecule has 178 valence electrons. The molecule has 10 nitrogen and oxygen atoms in total. The van der Waals surface area contributed by atoms with E-state index in [1.807, 2.05) is 26.2 Å². The number of nitrogen functional groups attached to an aromatic ring is 1. The molecule has 0 saturated carbocycles. The van der Waals surface area contributed by atoms with Crippen LogP contribution in [0.25, 0.3) is 0 Å². The highest BCUT2D eigenvalue weighted by atomic mass is 32.1. The molecule has 0 fully saturated rings. The van der Waals surface area contributed by atoms with Crippen molar-refractivity contribution in [2.75, 3.05) is 17.4 Å². The number of fused-ring (bicyclic) bond motifs is 1. The third kappa shape index (κ3) is 4.54. The first-order valence-corrected chi connectivity index (χ1v) is 11.9. The van der Waals surface area contributed by atoms with Gasteiger partial charge in [-0.1, -0.05) is 6.07 Å². The van der Waals surface area contributed by atoms with Gasteiger partial charge in [-0.05, 0) is 55.9 Å². The summed E-state index contributed by atoms with van der Waals surface area (Å²) < 4.78 is 14.8. The minimum absolute atomic E-state index is 0.00317. The molecule has 1 atom stereocenters. The first kappa shape index (κ1) is 23.5. The number of carbonyl (C=O) groups excluding carboxylic acids is 3. The summed E-state index contributed by atoms with van der Waals surface area (Å²) in [7, 11) is 0. The highest BCUT2D eigenvalue weighted by Gasteiger charge is 2.38. The van der Waals surface area contributed by atoms with Crippen molar-refractivity contribution in [2.45, 2.75) is 32.4 Å². The number of benzene rings is 1. The van der Waals surface area contributed by atoms with Gasteiger partial charge in [0.1, 0.15) is 4.88 Å². The van der Waals surface area contributed by atoms with Crippen LogP contribution < -0.4 is 31.2 Å². The number of thiophene rings is 1. The smallest absolute Gasteiger partial charge is 0.273 e. The summed E-state index contributed by atoms with van der Waals surface area (Å²) in [6.07, 6.45) is 0. The van der Waals surface area contributed by atoms with Gasteiger partial charge in [0, 0.05) is 22.2 Å². The summed E-state index contributed by atoms with van der Waals surface area (Å²) in [4.78, 5) is 41.1. The molecule has 0 radical (unpaired) electrons. The van der Waals surface area contributed by atoms with Crippen LogP contribution in [-0.4, -0.2) is 34.4 Å². The number of rotatable bonds is 6. The first-order chi connectivity index (χ1) is 16.1. The lowest BCUT2D eigenvalue weighted by molar-refractivity contribution is -0.123. The first-order valence-electron chi connectivity index (χ1n) is 10.2. The van der Waals surface area contributed by atoms with Crippen molar-refractivity contribution in [3.8, 4) is 11.5 Å². The van der Waals surface area contributed by atoms with Crippen LogP contribution >= 0.6 is 22.9 Å². The normalized spacial score (nSPS) is 13.4. The summed E-state index contributed by atoms with van der Waals surface area (Å²) >= 11 is 2.08. The molecule has 1 aliphatic rings. The fourth-order valence-corrected chi connectivity index (χ4v) is 4.97. The molecule has 1 aromatic carbocycles. The van der Waals surface area contributed by atoms with Gasteiger partial charge in [-0.15, -0.1) is 11.3 Å². The van der Waals surface area contributed by atoms with Gasteiger partial charge in [-0.3, -0.25) is 19.3 Å². The zero-order valence-electron chi connectivity index (χ0n) is 18.7. The van der Waals surface area contributed by atoms with E-state index in [1.54, 1.807) is 30.3 Å². The van der Waals surface area contributed by atoms with Gasteiger partial charge in [0.15, 0.2) is 23.2 Å². The number of primary amides is 1. The van der Waals surface area contributed by atoms with Crippen LogP contribution in [0.3, 0.4) is 0 Å². The standard InChI is InChI=1S/C22H23N5O5S2/c1-22(2,3)25-20(29)17(14-5-4-8-33-14)27(11-6-7-12-13(9-11)32-10-31-12)21(30)18-15(23)16(19(24)28)26-34-18/h4-9,17H,10,23H2,1-3H3,(H2,24,28)(H,25,29). The minimum Gasteiger partial charge on any atom is -0.454 e. The van der Waals surface area contributed by atoms with E-state index in [1.165, 1.54) is 16.2 Å². The number of nitrogens with two attached hydrogens (primary N) is 2. The van der Waals surface area contributed by atoms with Crippen LogP contribution in [0.1, 0.15) is 51.9 Å². The van der Waals surface area contributed by atoms with Crippen LogP contribution in [0, 0.1) is 0 Å². The Kier molecular flexibility index (Phi) is 6.19. The minimum atomic E-state index is -1.04. The van der Waals surface area contributed by atoms with E-state index in [0.29, 0.717) is 22.1 Å². The molecule has 3 amide bonds. The average molecular weight is 502 g/mol. The van der Waals surface area contributed by atoms with Crippen molar-refractivity contribution in [1.29, 1.82) is 0 Å². The van der Waals surface area contributed by atoms with Crippen LogP contribution in [0.15, 0.2) is 35.7 Å². The van der Waals surface area contributed by atoms with Crippen LogP contribution in [-0.2, 0) is 4.79 Å². The Balaban J connectivity index is 1.88. The molecule has 2 aromatic heterocycles. The SMILES string of the molecule is CC(C)(C)NC(=O)C(c1cccs1)N(C(=O)c1snc(C(N)=O)c1N)c1ccc2c(c1)OCO2. The lowest BCUT2D eigenvalue weighted by Gasteiger charge is -2.33. The van der Waals surface area contributed by atoms with Gasteiger partial charge in [-0.25, -0.2) is 0 Å². The zero-order valence-corrected chi connectivity index (χ0v) is 20.3. The zero-order chi connectivity index (χ0) is 24.6. The van der Waals surface area contributed by atoms with Gasteiger partial charge in [0.25, 0.3) is 11.8 Å². The van der Waals surface area contributed by atoms with Crippen molar-refractivity contribution in [1.82, 2.24) is 9.69 Å². The van der Waals surface area contributed by atoms with Gasteiger partial charge in [0.05, 0.1) is 5.69 Å². The maximum atomic E-state index is 13.9. The summed E-state index contributed by atoms with van der Waals surface area (Å²) in [5.41, 5.74) is 10.9. The Hall–Kier alpha value is -3.64. The number of amides is 3. The molecule has 1 unspecified atom stereocenters. The molecule has 0 saturated heterocycles. The van der Waals surface area contributed by atoms with Crippen molar-refractivity contribution < 1.29 is 23.9 Å². The number of anilines is 2. The number of carbonyl (C=O) groups is 3. The molecule has 1 aliphatic heterocycles. The van der Waals surface area contributed by atoms with Crippen molar-refractivity contribution >= 4 is 52.0 Å². The molecular formula is C22H23N5O5S2. The number of ether oxygens (including phenoxy) is 2. The summed E-state index contributed by atoms with van der Waals surface area (Å²) in [5.74, 6) is -0.881. The molecule has 0 spiro atoms. The van der Waals surface area contributed by atoms with Crippen molar-refractivity contribution in [3.05, 3.63) is 51.2 Å². The van der Waals surface area contributed by atoms with Gasteiger partial charge in [-0.2, -0.15) is 4.37 Å². The number of aromatic nitrogens is 1. The third-order valence-corrected chi connectivity index (χ3v) is 6.60. The van der Waals surface area contributed by atoms with Gasteiger partial charge < -0.3 is 26.3 Å². The van der Waals surface area contributed by atoms with E-state index in [0.717, 1.165) is 11.5 Å². The van der Waals surface area contributed by atoms with Crippen LogP contribution in [0.2, 0.25) is 0 Å². The predicted molar refractivity (Wildman–Crippen MR) is 129 cm³/mol. The Morgan fingerprint density at radius 3 is 2.53 bits per heavy atom. The summed E-state index contributed by atoms with van der Waals surface area (Å²) in [5, 5.41) is 4.78. The van der Waals surface area contributed by atoms with Crippen molar-refractivity contribution in [2.24, 2.45) is 5.73 Å². The van der Waals surface area contributed by atoms with E-state index >= 15 is 0 Å². The fraction of sp³-hybridized carbons (Fsp3) is 0.273. The van der Waals surface area contributed by atoms with E-state index in [4.69, 9.17) is 20.9 Å². The maximum absolute atomic E-state index is 13.9. The highest BCUT2D eigenvalue weighted by Crippen LogP contribution is 2.40. The van der Waals surface area contributed by atoms with E-state index < -0.39 is 23.4 Å². The lowest BCUT2D eigenvalue weighted by Crippen LogP contribution is -2.49. The van der Waals surface area contributed by atoms with Gasteiger partial charge in [0.2, 0.25) is 12.7 Å². The fourth-order valence-electron chi connectivity index (χ4n) is 3.42. The Morgan fingerprint density at radius 1 is 1.18 bits per heavy atom. The number of hydrogen-bond acceptors (Lipinski definition) is 9. The average Bonchev–Trinajstić information content (AvgIpc) is 3.50. The Bertz CT molecular complexity index is 1250. The molecule has 5 N–H and O–H groups in total. The molecule has 12 heteroatoms. The lowest BCUT2D eigenvalue weighted by atomic mass is 10.1. The Labute approximate surface area is 203 Å². The molecule has 0 bridgehead atoms. The molecule has 0 aliphatic carbocycles. The second kappa shape index (κ2) is 8.95.